The number of rotatable bonds is 4. The minimum Gasteiger partial charge on any atom is -0.0961 e. The van der Waals surface area contributed by atoms with E-state index in [2.05, 4.69) is 31.7 Å². The van der Waals surface area contributed by atoms with Gasteiger partial charge in [-0.3, -0.25) is 0 Å². The van der Waals surface area contributed by atoms with Crippen LogP contribution in [-0.2, 0) is 10.9 Å². The zero-order valence-electron chi connectivity index (χ0n) is 7.68. The van der Waals surface area contributed by atoms with Crippen molar-refractivity contribution in [2.45, 2.75) is 6.92 Å². The molecule has 0 saturated carbocycles. The maximum absolute atomic E-state index is 3.95. The van der Waals surface area contributed by atoms with E-state index in [-0.39, 0.29) is 0 Å². The Balaban J connectivity index is 3.78. The second-order valence-electron chi connectivity index (χ2n) is 2.97. The van der Waals surface area contributed by atoms with Crippen LogP contribution in [-0.4, -0.2) is 18.3 Å². The summed E-state index contributed by atoms with van der Waals surface area (Å²) in [7, 11) is 0.459. The summed E-state index contributed by atoms with van der Waals surface area (Å²) in [6.45, 7) is 9.71. The molecule has 0 aromatic heterocycles. The van der Waals surface area contributed by atoms with Gasteiger partial charge in [0.05, 0.1) is 12.5 Å². The molecule has 0 bridgehead atoms. The van der Waals surface area contributed by atoms with E-state index in [1.165, 1.54) is 5.57 Å². The van der Waals surface area contributed by atoms with E-state index in [1.807, 2.05) is 13.0 Å². The van der Waals surface area contributed by atoms with E-state index in [1.54, 1.807) is 0 Å². The Morgan fingerprint density at radius 1 is 1.27 bits per heavy atom. The fourth-order valence-electron chi connectivity index (χ4n) is 0.679. The average Bonchev–Trinajstić information content (AvgIpc) is 1.82. The van der Waals surface area contributed by atoms with Gasteiger partial charge in [0.25, 0.3) is 0 Å². The topological polar surface area (TPSA) is 0 Å². The van der Waals surface area contributed by atoms with Crippen molar-refractivity contribution < 1.29 is 0 Å². The molecule has 0 saturated heterocycles. The van der Waals surface area contributed by atoms with Crippen molar-refractivity contribution in [3.63, 3.8) is 0 Å². The second-order valence-corrected chi connectivity index (χ2v) is 5.23. The first kappa shape index (κ1) is 10.6. The lowest BCUT2D eigenvalue weighted by molar-refractivity contribution is 1.50. The smallest absolute Gasteiger partial charge is 0.0961 e. The summed E-state index contributed by atoms with van der Waals surface area (Å²) in [6.07, 6.45) is 8.50. The van der Waals surface area contributed by atoms with Crippen molar-refractivity contribution in [2.75, 3.05) is 18.3 Å². The van der Waals surface area contributed by atoms with E-state index in [4.69, 9.17) is 0 Å². The molecule has 0 atom stereocenters. The molecule has 0 unspecified atom stereocenters. The average molecular weight is 169 g/mol. The van der Waals surface area contributed by atoms with Crippen molar-refractivity contribution in [1.29, 1.82) is 0 Å². The number of allylic oxidation sites excluding steroid dienone is 3. The first-order valence-corrected chi connectivity index (χ1v) is 5.79. The molecule has 1 heteroatoms. The van der Waals surface area contributed by atoms with Crippen molar-refractivity contribution in [1.82, 2.24) is 0 Å². The maximum Gasteiger partial charge on any atom is 0.132 e. The van der Waals surface area contributed by atoms with Crippen molar-refractivity contribution in [3.05, 3.63) is 36.5 Å². The normalized spacial score (nSPS) is 10.9. The van der Waals surface area contributed by atoms with Gasteiger partial charge in [0, 0.05) is 0 Å². The molecule has 0 rings (SSSR count). The maximum atomic E-state index is 3.95. The Kier molecular flexibility index (Phi) is 5.05. The molecule has 0 aliphatic rings. The summed E-state index contributed by atoms with van der Waals surface area (Å²) in [6, 6.07) is 0. The molecular weight excluding hydrogens is 152 g/mol. The third kappa shape index (κ3) is 7.47. The fourth-order valence-corrected chi connectivity index (χ4v) is 1.52. The molecule has 11 heavy (non-hydrogen) atoms. The Hall–Kier alpha value is -0.430. The van der Waals surface area contributed by atoms with Crippen LogP contribution in [0, 0.1) is 0 Å². The predicted octanol–water partition coefficient (Wildman–Crippen LogP) is 2.55. The van der Waals surface area contributed by atoms with Gasteiger partial charge >= 0.3 is 0 Å². The standard InChI is InChI=1S/C10H17S/c1-9(2)6-7-10(3)8-11(4)5/h6-7H,1,3,8H2,2,4-5H3/q+1/b7-6-. The van der Waals surface area contributed by atoms with Gasteiger partial charge in [-0.2, -0.15) is 0 Å². The van der Waals surface area contributed by atoms with E-state index in [9.17, 15) is 0 Å². The molecule has 0 aliphatic heterocycles. The molecule has 0 radical (unpaired) electrons. The minimum atomic E-state index is 0.459. The Bertz CT molecular complexity index is 175. The third-order valence-corrected chi connectivity index (χ3v) is 2.03. The van der Waals surface area contributed by atoms with Crippen LogP contribution >= 0.6 is 0 Å². The molecule has 0 nitrogen and oxygen atoms in total. The van der Waals surface area contributed by atoms with E-state index in [0.717, 1.165) is 11.3 Å². The van der Waals surface area contributed by atoms with Gasteiger partial charge in [0.1, 0.15) is 5.75 Å². The van der Waals surface area contributed by atoms with E-state index < -0.39 is 0 Å². The summed E-state index contributed by atoms with van der Waals surface area (Å²) < 4.78 is 0. The molecule has 0 aromatic rings. The lowest BCUT2D eigenvalue weighted by Crippen LogP contribution is -2.02. The zero-order valence-corrected chi connectivity index (χ0v) is 8.50. The second kappa shape index (κ2) is 5.25. The van der Waals surface area contributed by atoms with Crippen molar-refractivity contribution >= 4 is 10.9 Å². The predicted molar refractivity (Wildman–Crippen MR) is 57.2 cm³/mol. The van der Waals surface area contributed by atoms with E-state index in [0.29, 0.717) is 10.9 Å². The highest BCUT2D eigenvalue weighted by Crippen LogP contribution is 2.00. The lowest BCUT2D eigenvalue weighted by Gasteiger charge is -1.95. The SMILES string of the molecule is C=C(C)/C=C\C(=C)C[S+](C)C. The van der Waals surface area contributed by atoms with Gasteiger partial charge in [-0.15, -0.1) is 0 Å². The highest BCUT2D eigenvalue weighted by atomic mass is 32.2. The molecule has 0 aliphatic carbocycles. The summed E-state index contributed by atoms with van der Waals surface area (Å²) in [4.78, 5) is 0. The van der Waals surface area contributed by atoms with E-state index >= 15 is 0 Å². The van der Waals surface area contributed by atoms with Gasteiger partial charge in [-0.1, -0.05) is 30.9 Å². The Morgan fingerprint density at radius 3 is 2.18 bits per heavy atom. The first-order chi connectivity index (χ1) is 5.02. The third-order valence-electron chi connectivity index (χ3n) is 1.08. The molecule has 0 amide bonds. The summed E-state index contributed by atoms with van der Waals surface area (Å²) in [5.74, 6) is 1.10. The van der Waals surface area contributed by atoms with Crippen LogP contribution in [0.25, 0.3) is 0 Å². The molecule has 62 valence electrons. The molecule has 0 heterocycles. The van der Waals surface area contributed by atoms with Gasteiger partial charge in [0.15, 0.2) is 0 Å². The minimum absolute atomic E-state index is 0.459. The monoisotopic (exact) mass is 169 g/mol. The first-order valence-electron chi connectivity index (χ1n) is 3.58. The molecule has 0 spiro atoms. The lowest BCUT2D eigenvalue weighted by atomic mass is 10.2. The Labute approximate surface area is 73.0 Å². The van der Waals surface area contributed by atoms with Crippen LogP contribution in [0.5, 0.6) is 0 Å². The molecule has 0 aromatic carbocycles. The molecule has 0 N–H and O–H groups in total. The van der Waals surface area contributed by atoms with Crippen LogP contribution in [0.3, 0.4) is 0 Å². The summed E-state index contributed by atoms with van der Waals surface area (Å²) in [5.41, 5.74) is 2.28. The Morgan fingerprint density at radius 2 is 1.82 bits per heavy atom. The molecular formula is C10H17S+. The number of hydrogen-bond donors (Lipinski definition) is 0. The highest BCUT2D eigenvalue weighted by Gasteiger charge is 2.01. The van der Waals surface area contributed by atoms with Gasteiger partial charge in [-0.05, 0) is 23.4 Å². The van der Waals surface area contributed by atoms with Crippen LogP contribution in [0.15, 0.2) is 36.5 Å². The highest BCUT2D eigenvalue weighted by molar-refractivity contribution is 7.95. The van der Waals surface area contributed by atoms with Gasteiger partial charge in [0.2, 0.25) is 0 Å². The van der Waals surface area contributed by atoms with Crippen molar-refractivity contribution in [3.8, 4) is 0 Å². The molecule has 0 fully saturated rings. The summed E-state index contributed by atoms with van der Waals surface area (Å²) >= 11 is 0. The fraction of sp³-hybridized carbons (Fsp3) is 0.400. The summed E-state index contributed by atoms with van der Waals surface area (Å²) in [5, 5.41) is 0. The van der Waals surface area contributed by atoms with Crippen LogP contribution in [0.4, 0.5) is 0 Å². The van der Waals surface area contributed by atoms with Crippen molar-refractivity contribution in [2.24, 2.45) is 0 Å². The van der Waals surface area contributed by atoms with Crippen LogP contribution in [0.1, 0.15) is 6.92 Å². The largest absolute Gasteiger partial charge is 0.132 e. The zero-order chi connectivity index (χ0) is 8.85. The van der Waals surface area contributed by atoms with Crippen LogP contribution in [0.2, 0.25) is 0 Å². The quantitative estimate of drug-likeness (QED) is 0.448. The van der Waals surface area contributed by atoms with Gasteiger partial charge in [-0.25, -0.2) is 0 Å². The van der Waals surface area contributed by atoms with Crippen LogP contribution < -0.4 is 0 Å². The number of hydrogen-bond acceptors (Lipinski definition) is 0. The van der Waals surface area contributed by atoms with Gasteiger partial charge < -0.3 is 0 Å².